The molecular weight excluding hydrogens is 200 g/mol. The maximum absolute atomic E-state index is 5.71. The normalized spacial score (nSPS) is 29.2. The zero-order chi connectivity index (χ0) is 12.0. The molecule has 16 heavy (non-hydrogen) atoms. The van der Waals surface area contributed by atoms with Crippen molar-refractivity contribution >= 4 is 0 Å². The van der Waals surface area contributed by atoms with Crippen molar-refractivity contribution in [2.75, 3.05) is 26.2 Å². The van der Waals surface area contributed by atoms with Gasteiger partial charge in [0.2, 0.25) is 0 Å². The number of morpholine rings is 1. The zero-order valence-corrected chi connectivity index (χ0v) is 11.3. The average Bonchev–Trinajstić information content (AvgIpc) is 2.27. The molecule has 1 fully saturated rings. The van der Waals surface area contributed by atoms with Crippen LogP contribution in [0.4, 0.5) is 0 Å². The van der Waals surface area contributed by atoms with Crippen molar-refractivity contribution in [1.29, 1.82) is 0 Å². The van der Waals surface area contributed by atoms with E-state index in [0.29, 0.717) is 18.2 Å². The van der Waals surface area contributed by atoms with Gasteiger partial charge in [-0.2, -0.15) is 0 Å². The highest BCUT2D eigenvalue weighted by atomic mass is 16.5. The third kappa shape index (κ3) is 4.40. The molecule has 3 heteroatoms. The van der Waals surface area contributed by atoms with Crippen LogP contribution in [0.15, 0.2) is 0 Å². The minimum atomic E-state index is 0.390. The number of hydrogen-bond donors (Lipinski definition) is 1. The minimum Gasteiger partial charge on any atom is -0.376 e. The van der Waals surface area contributed by atoms with Gasteiger partial charge in [0.15, 0.2) is 0 Å². The fourth-order valence-electron chi connectivity index (χ4n) is 2.32. The molecule has 96 valence electrons. The second kappa shape index (κ2) is 7.25. The Kier molecular flexibility index (Phi) is 6.32. The standard InChI is InChI=1S/C13H28N2O/c1-5-7-14-11(3)8-15-9-12(4)16-10-13(15)6-2/h11-14H,5-10H2,1-4H3. The second-order valence-electron chi connectivity index (χ2n) is 5.02. The topological polar surface area (TPSA) is 24.5 Å². The SMILES string of the molecule is CCCNC(C)CN1CC(C)OCC1CC. The number of ether oxygens (including phenoxy) is 1. The quantitative estimate of drug-likeness (QED) is 0.751. The van der Waals surface area contributed by atoms with Gasteiger partial charge in [-0.3, -0.25) is 4.90 Å². The molecule has 3 nitrogen and oxygen atoms in total. The van der Waals surface area contributed by atoms with Crippen LogP contribution in [0.5, 0.6) is 0 Å². The Labute approximate surface area is 101 Å². The second-order valence-corrected chi connectivity index (χ2v) is 5.02. The lowest BCUT2D eigenvalue weighted by atomic mass is 10.1. The largest absolute Gasteiger partial charge is 0.376 e. The van der Waals surface area contributed by atoms with E-state index in [1.807, 2.05) is 0 Å². The van der Waals surface area contributed by atoms with Crippen molar-refractivity contribution in [2.45, 2.75) is 58.7 Å². The number of nitrogens with one attached hydrogen (secondary N) is 1. The molecule has 1 aliphatic heterocycles. The van der Waals surface area contributed by atoms with Crippen molar-refractivity contribution in [1.82, 2.24) is 10.2 Å². The summed E-state index contributed by atoms with van der Waals surface area (Å²) in [6, 6.07) is 1.20. The summed E-state index contributed by atoms with van der Waals surface area (Å²) in [5, 5.41) is 3.56. The van der Waals surface area contributed by atoms with E-state index in [1.54, 1.807) is 0 Å². The molecule has 0 amide bonds. The first-order valence-electron chi connectivity index (χ1n) is 6.76. The van der Waals surface area contributed by atoms with Crippen molar-refractivity contribution in [3.63, 3.8) is 0 Å². The Morgan fingerprint density at radius 3 is 2.81 bits per heavy atom. The average molecular weight is 228 g/mol. The summed E-state index contributed by atoms with van der Waals surface area (Å²) in [4.78, 5) is 2.58. The highest BCUT2D eigenvalue weighted by Gasteiger charge is 2.26. The lowest BCUT2D eigenvalue weighted by Gasteiger charge is -2.39. The molecule has 0 aromatic carbocycles. The number of nitrogens with zero attached hydrogens (tertiary/aromatic N) is 1. The predicted octanol–water partition coefficient (Wildman–Crippen LogP) is 1.87. The fraction of sp³-hybridized carbons (Fsp3) is 1.00. The Bertz CT molecular complexity index is 187. The number of hydrogen-bond acceptors (Lipinski definition) is 3. The van der Waals surface area contributed by atoms with Crippen LogP contribution in [0, 0.1) is 0 Å². The van der Waals surface area contributed by atoms with Crippen LogP contribution >= 0.6 is 0 Å². The fourth-order valence-corrected chi connectivity index (χ4v) is 2.32. The highest BCUT2D eigenvalue weighted by molar-refractivity contribution is 4.80. The van der Waals surface area contributed by atoms with Gasteiger partial charge >= 0.3 is 0 Å². The van der Waals surface area contributed by atoms with Crippen molar-refractivity contribution in [2.24, 2.45) is 0 Å². The molecular formula is C13H28N2O. The van der Waals surface area contributed by atoms with Gasteiger partial charge in [0, 0.05) is 25.2 Å². The molecule has 1 N–H and O–H groups in total. The molecule has 0 radical (unpaired) electrons. The molecule has 0 bridgehead atoms. The molecule has 0 aromatic rings. The lowest BCUT2D eigenvalue weighted by Crippen LogP contribution is -2.52. The summed E-state index contributed by atoms with van der Waals surface area (Å²) in [5.41, 5.74) is 0. The highest BCUT2D eigenvalue weighted by Crippen LogP contribution is 2.14. The maximum Gasteiger partial charge on any atom is 0.0674 e. The van der Waals surface area contributed by atoms with Crippen LogP contribution < -0.4 is 5.32 Å². The van der Waals surface area contributed by atoms with Crippen molar-refractivity contribution in [3.05, 3.63) is 0 Å². The molecule has 1 aliphatic rings. The van der Waals surface area contributed by atoms with E-state index < -0.39 is 0 Å². The molecule has 1 saturated heterocycles. The first-order chi connectivity index (χ1) is 7.67. The van der Waals surface area contributed by atoms with Crippen LogP contribution in [0.3, 0.4) is 0 Å². The van der Waals surface area contributed by atoms with Crippen molar-refractivity contribution in [3.8, 4) is 0 Å². The van der Waals surface area contributed by atoms with Gasteiger partial charge in [0.25, 0.3) is 0 Å². The first-order valence-corrected chi connectivity index (χ1v) is 6.76. The van der Waals surface area contributed by atoms with Gasteiger partial charge in [0.05, 0.1) is 12.7 Å². The molecule has 1 rings (SSSR count). The van der Waals surface area contributed by atoms with E-state index in [2.05, 4.69) is 37.9 Å². The van der Waals surface area contributed by atoms with Crippen LogP contribution in [-0.2, 0) is 4.74 Å². The van der Waals surface area contributed by atoms with E-state index in [-0.39, 0.29) is 0 Å². The van der Waals surface area contributed by atoms with Gasteiger partial charge in [-0.25, -0.2) is 0 Å². The summed E-state index contributed by atoms with van der Waals surface area (Å²) >= 11 is 0. The van der Waals surface area contributed by atoms with E-state index in [9.17, 15) is 0 Å². The van der Waals surface area contributed by atoms with Gasteiger partial charge in [-0.05, 0) is 33.2 Å². The van der Waals surface area contributed by atoms with Crippen LogP contribution in [-0.4, -0.2) is 49.3 Å². The van der Waals surface area contributed by atoms with Crippen LogP contribution in [0.2, 0.25) is 0 Å². The summed E-state index contributed by atoms with van der Waals surface area (Å²) in [6.45, 7) is 13.2. The molecule has 3 atom stereocenters. The number of rotatable bonds is 6. The van der Waals surface area contributed by atoms with Crippen LogP contribution in [0.25, 0.3) is 0 Å². The third-order valence-corrected chi connectivity index (χ3v) is 3.30. The summed E-state index contributed by atoms with van der Waals surface area (Å²) in [7, 11) is 0. The van der Waals surface area contributed by atoms with Gasteiger partial charge in [-0.1, -0.05) is 13.8 Å². The molecule has 1 heterocycles. The predicted molar refractivity (Wildman–Crippen MR) is 68.8 cm³/mol. The molecule has 0 saturated carbocycles. The Hall–Kier alpha value is -0.120. The zero-order valence-electron chi connectivity index (χ0n) is 11.3. The summed E-state index contributed by atoms with van der Waals surface area (Å²) in [6.07, 6.45) is 2.79. The molecule has 0 spiro atoms. The van der Waals surface area contributed by atoms with Gasteiger partial charge in [0.1, 0.15) is 0 Å². The Morgan fingerprint density at radius 1 is 1.44 bits per heavy atom. The third-order valence-electron chi connectivity index (χ3n) is 3.30. The molecule has 0 aromatic heterocycles. The van der Waals surface area contributed by atoms with E-state index in [0.717, 1.165) is 26.2 Å². The first kappa shape index (κ1) is 13.9. The van der Waals surface area contributed by atoms with Crippen molar-refractivity contribution < 1.29 is 4.74 Å². The van der Waals surface area contributed by atoms with Crippen LogP contribution in [0.1, 0.15) is 40.5 Å². The van der Waals surface area contributed by atoms with E-state index in [4.69, 9.17) is 4.74 Å². The maximum atomic E-state index is 5.71. The monoisotopic (exact) mass is 228 g/mol. The summed E-state index contributed by atoms with van der Waals surface area (Å²) < 4.78 is 5.71. The summed E-state index contributed by atoms with van der Waals surface area (Å²) in [5.74, 6) is 0. The van der Waals surface area contributed by atoms with E-state index >= 15 is 0 Å². The Balaban J connectivity index is 2.36. The smallest absolute Gasteiger partial charge is 0.0674 e. The van der Waals surface area contributed by atoms with E-state index in [1.165, 1.54) is 12.8 Å². The van der Waals surface area contributed by atoms with Gasteiger partial charge < -0.3 is 10.1 Å². The van der Waals surface area contributed by atoms with Gasteiger partial charge in [-0.15, -0.1) is 0 Å². The minimum absolute atomic E-state index is 0.390. The molecule has 3 unspecified atom stereocenters. The molecule has 0 aliphatic carbocycles. The Morgan fingerprint density at radius 2 is 2.19 bits per heavy atom. The lowest BCUT2D eigenvalue weighted by molar-refractivity contribution is -0.0579.